The molecule has 5 nitrogen and oxygen atoms in total. The van der Waals surface area contributed by atoms with Gasteiger partial charge in [0, 0.05) is 36.8 Å². The second-order valence-electron chi connectivity index (χ2n) is 6.98. The van der Waals surface area contributed by atoms with Gasteiger partial charge in [-0.2, -0.15) is 0 Å². The summed E-state index contributed by atoms with van der Waals surface area (Å²) in [7, 11) is 1.92. The van der Waals surface area contributed by atoms with Crippen molar-refractivity contribution in [2.24, 2.45) is 12.5 Å². The first kappa shape index (κ1) is 14.9. The van der Waals surface area contributed by atoms with Crippen molar-refractivity contribution in [3.63, 3.8) is 0 Å². The maximum absolute atomic E-state index is 13.8. The Kier molecular flexibility index (Phi) is 3.07. The van der Waals surface area contributed by atoms with Crippen LogP contribution in [0.4, 0.5) is 4.39 Å². The minimum Gasteiger partial charge on any atom is -0.461 e. The summed E-state index contributed by atoms with van der Waals surface area (Å²) >= 11 is 0. The van der Waals surface area contributed by atoms with Crippen molar-refractivity contribution >= 4 is 16.9 Å². The van der Waals surface area contributed by atoms with Crippen LogP contribution < -0.4 is 0 Å². The summed E-state index contributed by atoms with van der Waals surface area (Å²) in [4.78, 5) is 19.3. The fourth-order valence-electron chi connectivity index (χ4n) is 3.61. The van der Waals surface area contributed by atoms with Gasteiger partial charge in [-0.05, 0) is 18.2 Å². The van der Waals surface area contributed by atoms with Crippen LogP contribution in [0.5, 0.6) is 0 Å². The van der Waals surface area contributed by atoms with Crippen molar-refractivity contribution in [2.75, 3.05) is 6.54 Å². The highest BCUT2D eigenvalue weighted by molar-refractivity contribution is 6.06. The zero-order valence-corrected chi connectivity index (χ0v) is 13.8. The molecule has 4 rings (SSSR count). The summed E-state index contributed by atoms with van der Waals surface area (Å²) < 4.78 is 20.9. The van der Waals surface area contributed by atoms with Crippen molar-refractivity contribution in [3.8, 4) is 0 Å². The van der Waals surface area contributed by atoms with Gasteiger partial charge in [0.2, 0.25) is 0 Å². The van der Waals surface area contributed by atoms with Gasteiger partial charge in [0.25, 0.3) is 5.91 Å². The van der Waals surface area contributed by atoms with E-state index in [2.05, 4.69) is 18.8 Å². The third-order valence-electron chi connectivity index (χ3n) is 4.79. The topological polar surface area (TPSA) is 51.3 Å². The lowest BCUT2D eigenvalue weighted by Crippen LogP contribution is -2.58. The number of rotatable bonds is 2. The SMILES string of the molecule is Cn1ccnc1C1N(C(=O)c2ccc(F)c3occc23)CC1(C)C. The van der Waals surface area contributed by atoms with E-state index < -0.39 is 5.82 Å². The predicted octanol–water partition coefficient (Wildman–Crippen LogP) is 3.53. The standard InChI is InChI=1S/C18H18FN3O2/c1-18(2)10-22(15(18)16-20-7-8-21(16)3)17(23)12-4-5-13(19)14-11(12)6-9-24-14/h4-9,15H,10H2,1-3H3. The van der Waals surface area contributed by atoms with Gasteiger partial charge in [-0.25, -0.2) is 9.37 Å². The largest absolute Gasteiger partial charge is 0.461 e. The number of imidazole rings is 1. The summed E-state index contributed by atoms with van der Waals surface area (Å²) in [5.41, 5.74) is 0.508. The lowest BCUT2D eigenvalue weighted by atomic mass is 9.74. The summed E-state index contributed by atoms with van der Waals surface area (Å²) in [5.74, 6) is 0.259. The van der Waals surface area contributed by atoms with E-state index >= 15 is 0 Å². The zero-order valence-electron chi connectivity index (χ0n) is 13.8. The van der Waals surface area contributed by atoms with Crippen LogP contribution in [0.2, 0.25) is 0 Å². The Labute approximate surface area is 138 Å². The molecule has 2 aromatic heterocycles. The summed E-state index contributed by atoms with van der Waals surface area (Å²) in [6.45, 7) is 4.86. The van der Waals surface area contributed by atoms with Gasteiger partial charge in [0.15, 0.2) is 11.4 Å². The molecular formula is C18H18FN3O2. The first-order valence-electron chi connectivity index (χ1n) is 7.84. The molecule has 0 saturated carbocycles. The monoisotopic (exact) mass is 327 g/mol. The van der Waals surface area contributed by atoms with E-state index in [0.717, 1.165) is 5.82 Å². The Morgan fingerprint density at radius 3 is 2.83 bits per heavy atom. The molecule has 0 bridgehead atoms. The Bertz CT molecular complexity index is 941. The number of carbonyl (C=O) groups is 1. The van der Waals surface area contributed by atoms with E-state index in [4.69, 9.17) is 4.42 Å². The number of aryl methyl sites for hydroxylation is 1. The van der Waals surface area contributed by atoms with Crippen molar-refractivity contribution in [3.05, 3.63) is 54.1 Å². The number of aromatic nitrogens is 2. The number of hydrogen-bond acceptors (Lipinski definition) is 3. The average Bonchev–Trinajstić information content (AvgIpc) is 3.15. The summed E-state index contributed by atoms with van der Waals surface area (Å²) in [6, 6.07) is 4.32. The lowest BCUT2D eigenvalue weighted by Gasteiger charge is -2.53. The third-order valence-corrected chi connectivity index (χ3v) is 4.79. The second-order valence-corrected chi connectivity index (χ2v) is 6.98. The molecule has 1 amide bonds. The smallest absolute Gasteiger partial charge is 0.255 e. The van der Waals surface area contributed by atoms with Crippen LogP contribution in [0.15, 0.2) is 41.3 Å². The molecule has 1 aliphatic heterocycles. The van der Waals surface area contributed by atoms with Crippen molar-refractivity contribution in [2.45, 2.75) is 19.9 Å². The first-order valence-corrected chi connectivity index (χ1v) is 7.84. The van der Waals surface area contributed by atoms with E-state index in [-0.39, 0.29) is 22.9 Å². The molecule has 1 aromatic carbocycles. The minimum absolute atomic E-state index is 0.0652. The van der Waals surface area contributed by atoms with E-state index in [0.29, 0.717) is 17.5 Å². The number of hydrogen-bond donors (Lipinski definition) is 0. The van der Waals surface area contributed by atoms with Crippen LogP contribution in [-0.2, 0) is 7.05 Å². The number of nitrogens with zero attached hydrogens (tertiary/aromatic N) is 3. The van der Waals surface area contributed by atoms with Gasteiger partial charge in [-0.15, -0.1) is 0 Å². The number of likely N-dealkylation sites (tertiary alicyclic amines) is 1. The van der Waals surface area contributed by atoms with Gasteiger partial charge >= 0.3 is 0 Å². The molecule has 1 aliphatic rings. The number of halogens is 1. The molecule has 1 fully saturated rings. The van der Waals surface area contributed by atoms with Gasteiger partial charge in [0.05, 0.1) is 17.9 Å². The fourth-order valence-corrected chi connectivity index (χ4v) is 3.61. The molecule has 6 heteroatoms. The first-order chi connectivity index (χ1) is 11.4. The van der Waals surface area contributed by atoms with Crippen molar-refractivity contribution in [1.29, 1.82) is 0 Å². The predicted molar refractivity (Wildman–Crippen MR) is 86.9 cm³/mol. The van der Waals surface area contributed by atoms with E-state index in [1.807, 2.05) is 17.8 Å². The molecule has 1 saturated heterocycles. The highest BCUT2D eigenvalue weighted by atomic mass is 19.1. The van der Waals surface area contributed by atoms with E-state index in [1.165, 1.54) is 18.4 Å². The Hall–Kier alpha value is -2.63. The van der Waals surface area contributed by atoms with Crippen LogP contribution in [0.1, 0.15) is 36.1 Å². The molecule has 1 unspecified atom stereocenters. The minimum atomic E-state index is -0.462. The maximum atomic E-state index is 13.8. The van der Waals surface area contributed by atoms with Gasteiger partial charge in [-0.3, -0.25) is 4.79 Å². The lowest BCUT2D eigenvalue weighted by molar-refractivity contribution is -0.0373. The molecule has 0 spiro atoms. The molecule has 0 N–H and O–H groups in total. The summed E-state index contributed by atoms with van der Waals surface area (Å²) in [5, 5.41) is 0.503. The number of amides is 1. The van der Waals surface area contributed by atoms with Crippen LogP contribution in [-0.4, -0.2) is 26.9 Å². The Balaban J connectivity index is 1.75. The van der Waals surface area contributed by atoms with Crippen LogP contribution in [0, 0.1) is 11.2 Å². The molecule has 1 atom stereocenters. The molecule has 0 radical (unpaired) electrons. The van der Waals surface area contributed by atoms with E-state index in [9.17, 15) is 9.18 Å². The third kappa shape index (κ3) is 1.99. The highest BCUT2D eigenvalue weighted by Gasteiger charge is 2.51. The van der Waals surface area contributed by atoms with Crippen LogP contribution in [0.3, 0.4) is 0 Å². The Morgan fingerprint density at radius 2 is 2.17 bits per heavy atom. The van der Waals surface area contributed by atoms with Gasteiger partial charge < -0.3 is 13.9 Å². The number of furan rings is 1. The highest BCUT2D eigenvalue weighted by Crippen LogP contribution is 2.48. The quantitative estimate of drug-likeness (QED) is 0.723. The molecular weight excluding hydrogens is 309 g/mol. The van der Waals surface area contributed by atoms with Crippen LogP contribution in [0.25, 0.3) is 11.0 Å². The maximum Gasteiger partial charge on any atom is 0.255 e. The molecule has 0 aliphatic carbocycles. The summed E-state index contributed by atoms with van der Waals surface area (Å²) in [6.07, 6.45) is 5.01. The molecule has 3 aromatic rings. The molecule has 24 heavy (non-hydrogen) atoms. The number of benzene rings is 1. The molecule has 124 valence electrons. The van der Waals surface area contributed by atoms with Crippen molar-refractivity contribution in [1.82, 2.24) is 14.5 Å². The van der Waals surface area contributed by atoms with E-state index in [1.54, 1.807) is 17.2 Å². The zero-order chi connectivity index (χ0) is 17.1. The molecule has 3 heterocycles. The number of carbonyl (C=O) groups excluding carboxylic acids is 1. The van der Waals surface area contributed by atoms with Crippen molar-refractivity contribution < 1.29 is 13.6 Å². The average molecular weight is 327 g/mol. The van der Waals surface area contributed by atoms with Gasteiger partial charge in [-0.1, -0.05) is 13.8 Å². The number of fused-ring (bicyclic) bond motifs is 1. The van der Waals surface area contributed by atoms with Crippen LogP contribution >= 0.6 is 0 Å². The Morgan fingerprint density at radius 1 is 1.38 bits per heavy atom. The normalized spacial score (nSPS) is 19.5. The second kappa shape index (κ2) is 4.93. The van der Waals surface area contributed by atoms with Gasteiger partial charge in [0.1, 0.15) is 5.82 Å². The fraction of sp³-hybridized carbons (Fsp3) is 0.333.